The molecule has 2 aromatic rings. The van der Waals surface area contributed by atoms with Crippen LogP contribution < -0.4 is 10.1 Å². The molecule has 2 rings (SSSR count). The molecule has 0 heterocycles. The molecule has 5 heteroatoms. The summed E-state index contributed by atoms with van der Waals surface area (Å²) in [5, 5.41) is 3.79. The molecule has 0 radical (unpaired) electrons. The summed E-state index contributed by atoms with van der Waals surface area (Å²) >= 11 is 5.97. The maximum Gasteiger partial charge on any atom is 0.201 e. The number of nitrogens with one attached hydrogen (secondary N) is 1. The lowest BCUT2D eigenvalue weighted by atomic mass is 10.2. The Balaban J connectivity index is 2.24. The van der Waals surface area contributed by atoms with E-state index >= 15 is 0 Å². The van der Waals surface area contributed by atoms with E-state index < -0.39 is 11.6 Å². The Kier molecular flexibility index (Phi) is 5.53. The van der Waals surface area contributed by atoms with Gasteiger partial charge in [0.2, 0.25) is 5.82 Å². The van der Waals surface area contributed by atoms with Gasteiger partial charge >= 0.3 is 0 Å². The Morgan fingerprint density at radius 3 is 2.71 bits per heavy atom. The molecule has 0 unspecified atom stereocenters. The summed E-state index contributed by atoms with van der Waals surface area (Å²) in [5.74, 6) is -1.63. The zero-order valence-electron chi connectivity index (χ0n) is 11.6. The van der Waals surface area contributed by atoms with Crippen molar-refractivity contribution in [2.24, 2.45) is 0 Å². The van der Waals surface area contributed by atoms with E-state index in [-0.39, 0.29) is 5.75 Å². The summed E-state index contributed by atoms with van der Waals surface area (Å²) < 4.78 is 32.4. The van der Waals surface area contributed by atoms with Crippen molar-refractivity contribution in [3.8, 4) is 11.5 Å². The highest BCUT2D eigenvalue weighted by atomic mass is 35.5. The first kappa shape index (κ1) is 15.7. The maximum absolute atomic E-state index is 13.7. The second kappa shape index (κ2) is 7.38. The van der Waals surface area contributed by atoms with Gasteiger partial charge in [-0.25, -0.2) is 4.39 Å². The molecule has 2 nitrogen and oxygen atoms in total. The van der Waals surface area contributed by atoms with Crippen LogP contribution in [0, 0.1) is 11.6 Å². The van der Waals surface area contributed by atoms with Crippen LogP contribution in [0.4, 0.5) is 8.78 Å². The summed E-state index contributed by atoms with van der Waals surface area (Å²) in [7, 11) is 0. The smallest absolute Gasteiger partial charge is 0.201 e. The third-order valence-corrected chi connectivity index (χ3v) is 3.14. The Hall–Kier alpha value is -1.65. The van der Waals surface area contributed by atoms with Gasteiger partial charge in [0.05, 0.1) is 0 Å². The number of halogens is 3. The fraction of sp³-hybridized carbons (Fsp3) is 0.250. The van der Waals surface area contributed by atoms with Gasteiger partial charge in [-0.1, -0.05) is 24.6 Å². The van der Waals surface area contributed by atoms with Crippen molar-refractivity contribution in [2.75, 3.05) is 6.54 Å². The number of benzene rings is 2. The average molecular weight is 312 g/mol. The molecule has 0 aromatic heterocycles. The SMILES string of the molecule is CCCNCc1cc(Cl)ccc1Oc1cccc(F)c1F. The summed E-state index contributed by atoms with van der Waals surface area (Å²) in [5.41, 5.74) is 0.791. The first-order chi connectivity index (χ1) is 10.1. The largest absolute Gasteiger partial charge is 0.454 e. The highest BCUT2D eigenvalue weighted by Gasteiger charge is 2.12. The second-order valence-corrected chi connectivity index (χ2v) is 5.02. The van der Waals surface area contributed by atoms with E-state index in [1.54, 1.807) is 18.2 Å². The Labute approximate surface area is 127 Å². The van der Waals surface area contributed by atoms with Gasteiger partial charge < -0.3 is 10.1 Å². The molecular weight excluding hydrogens is 296 g/mol. The molecule has 0 fully saturated rings. The van der Waals surface area contributed by atoms with E-state index in [1.807, 2.05) is 0 Å². The van der Waals surface area contributed by atoms with Crippen molar-refractivity contribution in [1.82, 2.24) is 5.32 Å². The first-order valence-corrected chi connectivity index (χ1v) is 7.10. The number of rotatable bonds is 6. The lowest BCUT2D eigenvalue weighted by Crippen LogP contribution is -2.14. The van der Waals surface area contributed by atoms with E-state index in [2.05, 4.69) is 12.2 Å². The molecule has 0 saturated heterocycles. The van der Waals surface area contributed by atoms with E-state index in [9.17, 15) is 8.78 Å². The fourth-order valence-electron chi connectivity index (χ4n) is 1.87. The molecule has 0 aliphatic heterocycles. The van der Waals surface area contributed by atoms with Gasteiger partial charge in [0.25, 0.3) is 0 Å². The maximum atomic E-state index is 13.7. The van der Waals surface area contributed by atoms with Crippen LogP contribution in [0.3, 0.4) is 0 Å². The molecule has 112 valence electrons. The lowest BCUT2D eigenvalue weighted by Gasteiger charge is -2.13. The highest BCUT2D eigenvalue weighted by Crippen LogP contribution is 2.30. The molecular formula is C16H16ClF2NO. The average Bonchev–Trinajstić information content (AvgIpc) is 2.46. The van der Waals surface area contributed by atoms with Crippen LogP contribution in [0.1, 0.15) is 18.9 Å². The second-order valence-electron chi connectivity index (χ2n) is 4.58. The Morgan fingerprint density at radius 1 is 1.14 bits per heavy atom. The summed E-state index contributed by atoms with van der Waals surface area (Å²) in [6.45, 7) is 3.45. The van der Waals surface area contributed by atoms with Gasteiger partial charge in [-0.15, -0.1) is 0 Å². The summed E-state index contributed by atoms with van der Waals surface area (Å²) in [6, 6.07) is 8.88. The van der Waals surface area contributed by atoms with E-state index in [1.165, 1.54) is 12.1 Å². The molecule has 0 saturated carbocycles. The molecule has 2 aromatic carbocycles. The Morgan fingerprint density at radius 2 is 1.95 bits per heavy atom. The zero-order chi connectivity index (χ0) is 15.2. The van der Waals surface area contributed by atoms with Crippen molar-refractivity contribution in [2.45, 2.75) is 19.9 Å². The van der Waals surface area contributed by atoms with Crippen LogP contribution in [-0.4, -0.2) is 6.54 Å². The predicted octanol–water partition coefficient (Wildman–Crippen LogP) is 4.91. The molecule has 0 aliphatic rings. The van der Waals surface area contributed by atoms with Crippen molar-refractivity contribution < 1.29 is 13.5 Å². The summed E-state index contributed by atoms with van der Waals surface area (Å²) in [4.78, 5) is 0. The molecule has 21 heavy (non-hydrogen) atoms. The van der Waals surface area contributed by atoms with Gasteiger partial charge in [0.15, 0.2) is 11.6 Å². The van der Waals surface area contributed by atoms with Crippen LogP contribution >= 0.6 is 11.6 Å². The van der Waals surface area contributed by atoms with E-state index in [0.29, 0.717) is 17.3 Å². The van der Waals surface area contributed by atoms with Crippen LogP contribution in [0.2, 0.25) is 5.02 Å². The van der Waals surface area contributed by atoms with E-state index in [0.717, 1.165) is 24.6 Å². The minimum Gasteiger partial charge on any atom is -0.454 e. The van der Waals surface area contributed by atoms with Crippen LogP contribution in [0.25, 0.3) is 0 Å². The van der Waals surface area contributed by atoms with Crippen LogP contribution in [0.15, 0.2) is 36.4 Å². The normalized spacial score (nSPS) is 10.7. The van der Waals surface area contributed by atoms with Crippen molar-refractivity contribution >= 4 is 11.6 Å². The van der Waals surface area contributed by atoms with Crippen molar-refractivity contribution in [3.63, 3.8) is 0 Å². The number of hydrogen-bond donors (Lipinski definition) is 1. The summed E-state index contributed by atoms with van der Waals surface area (Å²) in [6.07, 6.45) is 0.995. The number of ether oxygens (including phenoxy) is 1. The van der Waals surface area contributed by atoms with Crippen molar-refractivity contribution in [1.29, 1.82) is 0 Å². The third-order valence-electron chi connectivity index (χ3n) is 2.90. The molecule has 1 N–H and O–H groups in total. The molecule has 0 bridgehead atoms. The van der Waals surface area contributed by atoms with Crippen molar-refractivity contribution in [3.05, 3.63) is 58.6 Å². The minimum atomic E-state index is -1.00. The van der Waals surface area contributed by atoms with E-state index in [4.69, 9.17) is 16.3 Å². The number of hydrogen-bond acceptors (Lipinski definition) is 2. The van der Waals surface area contributed by atoms with Gasteiger partial charge in [-0.05, 0) is 43.3 Å². The quantitative estimate of drug-likeness (QED) is 0.765. The molecule has 0 amide bonds. The predicted molar refractivity (Wildman–Crippen MR) is 79.9 cm³/mol. The van der Waals surface area contributed by atoms with Gasteiger partial charge in [-0.3, -0.25) is 0 Å². The van der Waals surface area contributed by atoms with Crippen LogP contribution in [0.5, 0.6) is 11.5 Å². The Bertz CT molecular complexity index is 619. The first-order valence-electron chi connectivity index (χ1n) is 6.73. The van der Waals surface area contributed by atoms with Crippen LogP contribution in [-0.2, 0) is 6.54 Å². The van der Waals surface area contributed by atoms with Gasteiger partial charge in [0.1, 0.15) is 5.75 Å². The standard InChI is InChI=1S/C16H16ClF2NO/c1-2-8-20-10-11-9-12(17)6-7-14(11)21-15-5-3-4-13(18)16(15)19/h3-7,9,20H,2,8,10H2,1H3. The molecule has 0 aliphatic carbocycles. The zero-order valence-corrected chi connectivity index (χ0v) is 12.4. The highest BCUT2D eigenvalue weighted by molar-refractivity contribution is 6.30. The fourth-order valence-corrected chi connectivity index (χ4v) is 2.06. The molecule has 0 atom stereocenters. The third kappa shape index (κ3) is 4.16. The topological polar surface area (TPSA) is 21.3 Å². The lowest BCUT2D eigenvalue weighted by molar-refractivity contribution is 0.412. The monoisotopic (exact) mass is 311 g/mol. The minimum absolute atomic E-state index is 0.144. The van der Waals surface area contributed by atoms with Gasteiger partial charge in [0, 0.05) is 17.1 Å². The molecule has 0 spiro atoms. The van der Waals surface area contributed by atoms with Gasteiger partial charge in [-0.2, -0.15) is 4.39 Å².